The number of oxazole rings is 1. The van der Waals surface area contributed by atoms with Gasteiger partial charge in [0.05, 0.1) is 4.88 Å². The Hall–Kier alpha value is -3.70. The number of rotatable bonds is 4. The van der Waals surface area contributed by atoms with E-state index in [0.717, 1.165) is 21.2 Å². The van der Waals surface area contributed by atoms with Crippen molar-refractivity contribution in [3.05, 3.63) is 95.9 Å². The summed E-state index contributed by atoms with van der Waals surface area (Å²) in [5.41, 5.74) is 2.34. The normalized spacial score (nSPS) is 10.9. The highest BCUT2D eigenvalue weighted by Crippen LogP contribution is 2.34. The summed E-state index contributed by atoms with van der Waals surface area (Å²) in [4.78, 5) is 18.2. The Bertz CT molecular complexity index is 1260. The van der Waals surface area contributed by atoms with E-state index in [1.165, 1.54) is 11.3 Å². The fraction of sp³-hybridized carbons (Fsp3) is 0. The van der Waals surface area contributed by atoms with E-state index in [1.807, 2.05) is 91.0 Å². The van der Waals surface area contributed by atoms with Gasteiger partial charge in [-0.05, 0) is 29.7 Å². The minimum atomic E-state index is -0.209. The maximum absolute atomic E-state index is 12.9. The van der Waals surface area contributed by atoms with Crippen molar-refractivity contribution in [2.24, 2.45) is 0 Å². The van der Waals surface area contributed by atoms with Gasteiger partial charge in [0, 0.05) is 15.8 Å². The molecule has 0 fully saturated rings. The molecule has 0 unspecified atom stereocenters. The lowest BCUT2D eigenvalue weighted by atomic mass is 10.1. The number of nitrogens with one attached hydrogen (secondary N) is 1. The third kappa shape index (κ3) is 3.44. The molecule has 29 heavy (non-hydrogen) atoms. The summed E-state index contributed by atoms with van der Waals surface area (Å²) in [6.07, 6.45) is 0. The van der Waals surface area contributed by atoms with Crippen LogP contribution in [0.4, 0.5) is 5.88 Å². The lowest BCUT2D eigenvalue weighted by Gasteiger charge is -2.02. The predicted octanol–water partition coefficient (Wildman–Crippen LogP) is 6.48. The molecule has 3 aromatic carbocycles. The number of amides is 1. The molecular weight excluding hydrogens is 380 g/mol. The van der Waals surface area contributed by atoms with Crippen molar-refractivity contribution in [3.8, 4) is 22.7 Å². The number of nitrogens with zero attached hydrogens (tertiary/aromatic N) is 1. The van der Waals surface area contributed by atoms with Gasteiger partial charge in [-0.15, -0.1) is 11.3 Å². The van der Waals surface area contributed by atoms with Crippen LogP contribution in [0.2, 0.25) is 0 Å². The van der Waals surface area contributed by atoms with E-state index < -0.39 is 0 Å². The molecule has 1 amide bonds. The zero-order valence-electron chi connectivity index (χ0n) is 15.3. The Balaban J connectivity index is 1.54. The van der Waals surface area contributed by atoms with Gasteiger partial charge in [-0.2, -0.15) is 0 Å². The molecule has 0 aliphatic heterocycles. The van der Waals surface area contributed by atoms with E-state index in [0.29, 0.717) is 22.3 Å². The third-order valence-corrected chi connectivity index (χ3v) is 5.69. The second-order valence-corrected chi connectivity index (χ2v) is 7.62. The molecule has 5 rings (SSSR count). The van der Waals surface area contributed by atoms with Crippen molar-refractivity contribution in [2.45, 2.75) is 0 Å². The molecule has 4 nitrogen and oxygen atoms in total. The first kappa shape index (κ1) is 17.4. The van der Waals surface area contributed by atoms with Crippen molar-refractivity contribution in [3.63, 3.8) is 0 Å². The molecule has 0 saturated carbocycles. The minimum absolute atomic E-state index is 0.209. The van der Waals surface area contributed by atoms with Gasteiger partial charge in [-0.1, -0.05) is 66.7 Å². The van der Waals surface area contributed by atoms with Crippen molar-refractivity contribution in [1.82, 2.24) is 4.98 Å². The molecule has 140 valence electrons. The molecule has 0 spiro atoms. The Morgan fingerprint density at radius 3 is 2.21 bits per heavy atom. The largest absolute Gasteiger partial charge is 0.420 e. The number of carbonyl (C=O) groups excluding carboxylic acids is 1. The van der Waals surface area contributed by atoms with Crippen molar-refractivity contribution in [1.29, 1.82) is 0 Å². The summed E-state index contributed by atoms with van der Waals surface area (Å²) >= 11 is 1.46. The van der Waals surface area contributed by atoms with Crippen LogP contribution in [0.3, 0.4) is 0 Å². The maximum atomic E-state index is 12.9. The number of hydrogen-bond donors (Lipinski definition) is 1. The lowest BCUT2D eigenvalue weighted by molar-refractivity contribution is 0.102. The van der Waals surface area contributed by atoms with Gasteiger partial charge in [0.25, 0.3) is 5.91 Å². The fourth-order valence-corrected chi connectivity index (χ4v) is 4.12. The van der Waals surface area contributed by atoms with Crippen LogP contribution in [-0.4, -0.2) is 10.9 Å². The number of benzene rings is 3. The Morgan fingerprint density at radius 1 is 0.828 bits per heavy atom. The van der Waals surface area contributed by atoms with Gasteiger partial charge in [0.2, 0.25) is 11.8 Å². The summed E-state index contributed by atoms with van der Waals surface area (Å²) in [7, 11) is 0. The monoisotopic (exact) mass is 396 g/mol. The first-order valence-corrected chi connectivity index (χ1v) is 10.0. The van der Waals surface area contributed by atoms with E-state index in [-0.39, 0.29) is 5.91 Å². The second-order valence-electron chi connectivity index (χ2n) is 6.53. The first-order valence-electron chi connectivity index (χ1n) is 9.19. The van der Waals surface area contributed by atoms with Crippen LogP contribution >= 0.6 is 11.3 Å². The highest BCUT2D eigenvalue weighted by molar-refractivity contribution is 7.20. The molecule has 0 saturated heterocycles. The Labute approximate surface area is 171 Å². The Kier molecular flexibility index (Phi) is 4.42. The topological polar surface area (TPSA) is 55.1 Å². The number of aromatic nitrogens is 1. The minimum Gasteiger partial charge on any atom is -0.420 e. The average Bonchev–Trinajstić information content (AvgIpc) is 3.39. The van der Waals surface area contributed by atoms with E-state index >= 15 is 0 Å². The zero-order chi connectivity index (χ0) is 19.6. The highest BCUT2D eigenvalue weighted by atomic mass is 32.1. The van der Waals surface area contributed by atoms with Crippen LogP contribution in [-0.2, 0) is 0 Å². The summed E-state index contributed by atoms with van der Waals surface area (Å²) in [5, 5.41) is 3.97. The SMILES string of the molecule is O=C(Nc1oc(-c2ccccc2)nc1-c1ccccc1)c1cc2ccccc2s1. The molecule has 0 atom stereocenters. The molecule has 1 N–H and O–H groups in total. The molecule has 2 heterocycles. The molecule has 0 radical (unpaired) electrons. The molecule has 5 heteroatoms. The van der Waals surface area contributed by atoms with E-state index in [4.69, 9.17) is 4.42 Å². The van der Waals surface area contributed by atoms with Crippen LogP contribution < -0.4 is 5.32 Å². The summed E-state index contributed by atoms with van der Waals surface area (Å²) in [6, 6.07) is 29.2. The first-order chi connectivity index (χ1) is 14.3. The van der Waals surface area contributed by atoms with E-state index in [2.05, 4.69) is 10.3 Å². The van der Waals surface area contributed by atoms with Gasteiger partial charge in [0.15, 0.2) is 0 Å². The maximum Gasteiger partial charge on any atom is 0.268 e. The third-order valence-electron chi connectivity index (χ3n) is 4.57. The van der Waals surface area contributed by atoms with Crippen LogP contribution in [0.5, 0.6) is 0 Å². The zero-order valence-corrected chi connectivity index (χ0v) is 16.1. The summed E-state index contributed by atoms with van der Waals surface area (Å²) in [5.74, 6) is 0.604. The molecule has 2 aromatic heterocycles. The standard InChI is InChI=1S/C24H16N2O2S/c27-22(20-15-18-13-7-8-14-19(18)29-20)26-24-21(16-9-3-1-4-10-16)25-23(28-24)17-11-5-2-6-12-17/h1-15H,(H,26,27). The van der Waals surface area contributed by atoms with Gasteiger partial charge < -0.3 is 4.42 Å². The fourth-order valence-electron chi connectivity index (χ4n) is 3.16. The molecular formula is C24H16N2O2S. The number of thiophene rings is 1. The van der Waals surface area contributed by atoms with Gasteiger partial charge in [-0.3, -0.25) is 10.1 Å². The quantitative estimate of drug-likeness (QED) is 0.378. The van der Waals surface area contributed by atoms with Gasteiger partial charge >= 0.3 is 0 Å². The molecule has 0 bridgehead atoms. The van der Waals surface area contributed by atoms with Crippen LogP contribution in [0.15, 0.2) is 95.4 Å². The van der Waals surface area contributed by atoms with Crippen molar-refractivity contribution in [2.75, 3.05) is 5.32 Å². The highest BCUT2D eigenvalue weighted by Gasteiger charge is 2.20. The van der Waals surface area contributed by atoms with Crippen molar-refractivity contribution < 1.29 is 9.21 Å². The molecule has 0 aliphatic rings. The number of carbonyl (C=O) groups is 1. The van der Waals surface area contributed by atoms with Crippen LogP contribution in [0.1, 0.15) is 9.67 Å². The summed E-state index contributed by atoms with van der Waals surface area (Å²) in [6.45, 7) is 0. The summed E-state index contributed by atoms with van der Waals surface area (Å²) < 4.78 is 7.06. The lowest BCUT2D eigenvalue weighted by Crippen LogP contribution is -2.10. The van der Waals surface area contributed by atoms with Crippen molar-refractivity contribution >= 4 is 33.2 Å². The van der Waals surface area contributed by atoms with E-state index in [1.54, 1.807) is 0 Å². The Morgan fingerprint density at radius 2 is 1.48 bits per heavy atom. The average molecular weight is 396 g/mol. The number of fused-ring (bicyclic) bond motifs is 1. The van der Waals surface area contributed by atoms with Crippen LogP contribution in [0, 0.1) is 0 Å². The molecule has 0 aliphatic carbocycles. The number of anilines is 1. The predicted molar refractivity (Wildman–Crippen MR) is 117 cm³/mol. The van der Waals surface area contributed by atoms with Gasteiger partial charge in [-0.25, -0.2) is 4.98 Å². The molecule has 5 aromatic rings. The smallest absolute Gasteiger partial charge is 0.268 e. The van der Waals surface area contributed by atoms with Gasteiger partial charge in [0.1, 0.15) is 5.69 Å². The second kappa shape index (κ2) is 7.37. The van der Waals surface area contributed by atoms with Crippen LogP contribution in [0.25, 0.3) is 32.8 Å². The van der Waals surface area contributed by atoms with E-state index in [9.17, 15) is 4.79 Å². The number of hydrogen-bond acceptors (Lipinski definition) is 4.